The molecule has 3 aromatic carbocycles. The molecule has 7 nitrogen and oxygen atoms in total. The minimum atomic E-state index is -0.285. The largest absolute Gasteiger partial charge is 0.493 e. The molecule has 0 aliphatic carbocycles. The first-order valence-corrected chi connectivity index (χ1v) is 9.69. The molecule has 0 spiro atoms. The zero-order valence-electron chi connectivity index (χ0n) is 16.8. The summed E-state index contributed by atoms with van der Waals surface area (Å²) in [7, 11) is 3.14. The normalized spacial score (nSPS) is 10.5. The summed E-state index contributed by atoms with van der Waals surface area (Å²) in [5, 5.41) is 7.26. The van der Waals surface area contributed by atoms with Crippen molar-refractivity contribution in [2.45, 2.75) is 0 Å². The van der Waals surface area contributed by atoms with Gasteiger partial charge in [-0.3, -0.25) is 4.79 Å². The highest BCUT2D eigenvalue weighted by atomic mass is 35.5. The van der Waals surface area contributed by atoms with E-state index in [4.69, 9.17) is 25.6 Å². The van der Waals surface area contributed by atoms with Gasteiger partial charge in [0.25, 0.3) is 11.8 Å². The first kappa shape index (κ1) is 20.4. The summed E-state index contributed by atoms with van der Waals surface area (Å²) in [5.74, 6) is 1.68. The van der Waals surface area contributed by atoms with E-state index < -0.39 is 0 Å². The van der Waals surface area contributed by atoms with Crippen molar-refractivity contribution in [3.05, 3.63) is 77.3 Å². The number of nitrogens with zero attached hydrogens (tertiary/aromatic N) is 2. The maximum Gasteiger partial charge on any atom is 0.258 e. The molecule has 1 aromatic heterocycles. The Morgan fingerprint density at radius 1 is 0.935 bits per heavy atom. The molecule has 0 radical (unpaired) electrons. The van der Waals surface area contributed by atoms with Crippen LogP contribution in [0.25, 0.3) is 22.8 Å². The van der Waals surface area contributed by atoms with Crippen LogP contribution in [0.4, 0.5) is 5.69 Å². The van der Waals surface area contributed by atoms with Crippen LogP contribution in [0.1, 0.15) is 10.4 Å². The number of benzene rings is 3. The molecule has 0 saturated heterocycles. The average Bonchev–Trinajstić information content (AvgIpc) is 3.29. The van der Waals surface area contributed by atoms with E-state index in [1.807, 2.05) is 6.07 Å². The monoisotopic (exact) mass is 435 g/mol. The fraction of sp³-hybridized carbons (Fsp3) is 0.0870. The van der Waals surface area contributed by atoms with Crippen LogP contribution < -0.4 is 14.8 Å². The third-order valence-corrected chi connectivity index (χ3v) is 4.91. The first-order valence-electron chi connectivity index (χ1n) is 9.31. The van der Waals surface area contributed by atoms with Crippen LogP contribution in [0.15, 0.2) is 71.3 Å². The van der Waals surface area contributed by atoms with E-state index in [1.165, 1.54) is 0 Å². The summed E-state index contributed by atoms with van der Waals surface area (Å²) in [4.78, 5) is 16.8. The molecular formula is C23H18ClN3O4. The molecule has 1 amide bonds. The van der Waals surface area contributed by atoms with Gasteiger partial charge in [0.1, 0.15) is 0 Å². The lowest BCUT2D eigenvalue weighted by atomic mass is 10.1. The molecule has 8 heteroatoms. The van der Waals surface area contributed by atoms with Gasteiger partial charge < -0.3 is 19.3 Å². The number of nitrogens with one attached hydrogen (secondary N) is 1. The predicted molar refractivity (Wildman–Crippen MR) is 118 cm³/mol. The molecule has 0 unspecified atom stereocenters. The maximum absolute atomic E-state index is 12.4. The van der Waals surface area contributed by atoms with Crippen molar-refractivity contribution in [3.63, 3.8) is 0 Å². The van der Waals surface area contributed by atoms with E-state index in [1.54, 1.807) is 74.9 Å². The van der Waals surface area contributed by atoms with Gasteiger partial charge in [-0.05, 0) is 54.6 Å². The first-order chi connectivity index (χ1) is 15.1. The summed E-state index contributed by atoms with van der Waals surface area (Å²) in [6, 6.07) is 19.3. The van der Waals surface area contributed by atoms with Crippen molar-refractivity contribution in [1.29, 1.82) is 0 Å². The van der Waals surface area contributed by atoms with Gasteiger partial charge in [-0.15, -0.1) is 0 Å². The van der Waals surface area contributed by atoms with Crippen LogP contribution in [0.5, 0.6) is 11.5 Å². The zero-order chi connectivity index (χ0) is 21.8. The van der Waals surface area contributed by atoms with Crippen LogP contribution in [-0.4, -0.2) is 30.3 Å². The topological polar surface area (TPSA) is 86.5 Å². The minimum Gasteiger partial charge on any atom is -0.493 e. The Morgan fingerprint density at radius 2 is 1.65 bits per heavy atom. The predicted octanol–water partition coefficient (Wildman–Crippen LogP) is 5.33. The fourth-order valence-electron chi connectivity index (χ4n) is 2.97. The average molecular weight is 436 g/mol. The van der Waals surface area contributed by atoms with E-state index in [-0.39, 0.29) is 5.91 Å². The Bertz CT molecular complexity index is 1220. The molecule has 31 heavy (non-hydrogen) atoms. The molecule has 0 aliphatic rings. The van der Waals surface area contributed by atoms with E-state index in [9.17, 15) is 4.79 Å². The quantitative estimate of drug-likeness (QED) is 0.440. The lowest BCUT2D eigenvalue weighted by Crippen LogP contribution is -2.12. The number of rotatable bonds is 6. The van der Waals surface area contributed by atoms with Crippen LogP contribution in [0, 0.1) is 0 Å². The van der Waals surface area contributed by atoms with E-state index in [0.29, 0.717) is 39.5 Å². The molecule has 156 valence electrons. The number of ether oxygens (including phenoxy) is 2. The summed E-state index contributed by atoms with van der Waals surface area (Å²) in [5.41, 5.74) is 2.48. The van der Waals surface area contributed by atoms with Gasteiger partial charge in [0.15, 0.2) is 11.5 Å². The maximum atomic E-state index is 12.4. The number of carbonyl (C=O) groups is 1. The van der Waals surface area contributed by atoms with E-state index in [0.717, 1.165) is 11.1 Å². The lowest BCUT2D eigenvalue weighted by Gasteiger charge is -2.07. The van der Waals surface area contributed by atoms with Crippen LogP contribution in [0.2, 0.25) is 5.02 Å². The van der Waals surface area contributed by atoms with Crippen molar-refractivity contribution in [3.8, 4) is 34.3 Å². The summed E-state index contributed by atoms with van der Waals surface area (Å²) < 4.78 is 16.0. The Labute approximate surface area is 183 Å². The molecule has 4 rings (SSSR count). The minimum absolute atomic E-state index is 0.285. The molecule has 0 bridgehead atoms. The molecule has 0 atom stereocenters. The SMILES string of the molecule is COc1ccc(-c2noc(-c3ccc(NC(=O)c4ccccc4Cl)cc3)n2)cc1OC. The fourth-order valence-corrected chi connectivity index (χ4v) is 3.19. The van der Waals surface area contributed by atoms with Crippen LogP contribution in [0.3, 0.4) is 0 Å². The Kier molecular flexibility index (Phi) is 5.86. The second-order valence-electron chi connectivity index (χ2n) is 6.50. The van der Waals surface area contributed by atoms with Gasteiger partial charge in [-0.2, -0.15) is 4.98 Å². The van der Waals surface area contributed by atoms with Crippen molar-refractivity contribution < 1.29 is 18.8 Å². The number of hydrogen-bond donors (Lipinski definition) is 1. The Hall–Kier alpha value is -3.84. The highest BCUT2D eigenvalue weighted by Gasteiger charge is 2.14. The molecule has 0 saturated carbocycles. The van der Waals surface area contributed by atoms with Crippen LogP contribution in [-0.2, 0) is 0 Å². The summed E-state index contributed by atoms with van der Waals surface area (Å²) in [6.07, 6.45) is 0. The van der Waals surface area contributed by atoms with Gasteiger partial charge in [0.05, 0.1) is 24.8 Å². The molecule has 1 N–H and O–H groups in total. The van der Waals surface area contributed by atoms with Crippen molar-refractivity contribution >= 4 is 23.2 Å². The summed E-state index contributed by atoms with van der Waals surface area (Å²) in [6.45, 7) is 0. The summed E-state index contributed by atoms with van der Waals surface area (Å²) >= 11 is 6.08. The molecular weight excluding hydrogens is 418 g/mol. The van der Waals surface area contributed by atoms with Gasteiger partial charge in [-0.1, -0.05) is 28.9 Å². The number of halogens is 1. The number of methoxy groups -OCH3 is 2. The Balaban J connectivity index is 1.51. The second-order valence-corrected chi connectivity index (χ2v) is 6.91. The molecule has 4 aromatic rings. The van der Waals surface area contributed by atoms with Crippen molar-refractivity contribution in [2.24, 2.45) is 0 Å². The smallest absolute Gasteiger partial charge is 0.258 e. The number of anilines is 1. The second kappa shape index (κ2) is 8.89. The Morgan fingerprint density at radius 3 is 2.35 bits per heavy atom. The van der Waals surface area contributed by atoms with Crippen LogP contribution >= 0.6 is 11.6 Å². The van der Waals surface area contributed by atoms with Gasteiger partial charge in [0, 0.05) is 16.8 Å². The van der Waals surface area contributed by atoms with Gasteiger partial charge in [-0.25, -0.2) is 0 Å². The number of amides is 1. The number of hydrogen-bond acceptors (Lipinski definition) is 6. The van der Waals surface area contributed by atoms with Crippen molar-refractivity contribution in [1.82, 2.24) is 10.1 Å². The van der Waals surface area contributed by atoms with E-state index in [2.05, 4.69) is 15.5 Å². The third kappa shape index (κ3) is 4.36. The van der Waals surface area contributed by atoms with E-state index >= 15 is 0 Å². The molecule has 1 heterocycles. The molecule has 0 aliphatic heterocycles. The highest BCUT2D eigenvalue weighted by Crippen LogP contribution is 2.32. The lowest BCUT2D eigenvalue weighted by molar-refractivity contribution is 0.102. The number of carbonyl (C=O) groups excluding carboxylic acids is 1. The standard InChI is InChI=1S/C23H18ClN3O4/c1-29-19-12-9-15(13-20(19)30-2)21-26-23(31-27-21)14-7-10-16(11-8-14)25-22(28)17-5-3-4-6-18(17)24/h3-13H,1-2H3,(H,25,28). The molecule has 0 fully saturated rings. The number of aromatic nitrogens is 2. The zero-order valence-corrected chi connectivity index (χ0v) is 17.5. The van der Waals surface area contributed by atoms with Gasteiger partial charge >= 0.3 is 0 Å². The third-order valence-electron chi connectivity index (χ3n) is 4.58. The highest BCUT2D eigenvalue weighted by molar-refractivity contribution is 6.34. The van der Waals surface area contributed by atoms with Crippen molar-refractivity contribution in [2.75, 3.05) is 19.5 Å². The van der Waals surface area contributed by atoms with Gasteiger partial charge in [0.2, 0.25) is 5.82 Å².